The Balaban J connectivity index is 2.11. The van der Waals surface area contributed by atoms with Crippen molar-refractivity contribution in [1.29, 1.82) is 5.26 Å². The molecule has 2 rings (SSSR count). The van der Waals surface area contributed by atoms with E-state index in [0.717, 1.165) is 24.4 Å². The van der Waals surface area contributed by atoms with E-state index in [4.69, 9.17) is 5.26 Å². The van der Waals surface area contributed by atoms with E-state index < -0.39 is 28.0 Å². The molecule has 0 atom stereocenters. The van der Waals surface area contributed by atoms with Crippen molar-refractivity contribution in [2.75, 3.05) is 10.6 Å². The Morgan fingerprint density at radius 3 is 2.48 bits per heavy atom. The first kappa shape index (κ1) is 17.6. The topological polar surface area (TPSA) is 108 Å². The molecule has 0 spiro atoms. The zero-order chi connectivity index (χ0) is 18.4. The number of anilines is 2. The van der Waals surface area contributed by atoms with Crippen molar-refractivity contribution in [1.82, 2.24) is 0 Å². The average Bonchev–Trinajstić information content (AvgIpc) is 2.58. The van der Waals surface area contributed by atoms with Crippen molar-refractivity contribution in [3.63, 3.8) is 0 Å². The number of hydrogen-bond acceptors (Lipinski definition) is 5. The Labute approximate surface area is 140 Å². The van der Waals surface area contributed by atoms with E-state index in [1.807, 2.05) is 0 Å². The van der Waals surface area contributed by atoms with Gasteiger partial charge in [0.05, 0.1) is 10.6 Å². The summed E-state index contributed by atoms with van der Waals surface area (Å²) in [5, 5.41) is 24.3. The van der Waals surface area contributed by atoms with Crippen molar-refractivity contribution in [2.45, 2.75) is 0 Å². The van der Waals surface area contributed by atoms with Gasteiger partial charge in [0.15, 0.2) is 0 Å². The van der Waals surface area contributed by atoms with Gasteiger partial charge in [-0.15, -0.1) is 0 Å². The molecule has 126 valence electrons. The quantitative estimate of drug-likeness (QED) is 0.374. The first-order valence-corrected chi connectivity index (χ1v) is 6.78. The summed E-state index contributed by atoms with van der Waals surface area (Å²) in [5.41, 5.74) is -0.566. The molecule has 9 heteroatoms. The lowest BCUT2D eigenvalue weighted by atomic mass is 10.2. The number of nitrogens with one attached hydrogen (secondary N) is 2. The van der Waals surface area contributed by atoms with Gasteiger partial charge in [0.2, 0.25) is 0 Å². The van der Waals surface area contributed by atoms with Crippen LogP contribution in [0.5, 0.6) is 0 Å². The van der Waals surface area contributed by atoms with E-state index in [9.17, 15) is 23.7 Å². The van der Waals surface area contributed by atoms with E-state index in [2.05, 4.69) is 10.6 Å². The number of nitriles is 1. The Morgan fingerprint density at radius 2 is 1.88 bits per heavy atom. The van der Waals surface area contributed by atoms with Gasteiger partial charge < -0.3 is 10.6 Å². The standard InChI is InChI=1S/C16H10F2N4O3/c17-11-1-6-14(18)15(7-11)20-9-10(8-19)16(23)21-12-2-4-13(5-3-12)22(24)25/h1-7,9,20H,(H,21,23)/b10-9-. The van der Waals surface area contributed by atoms with Crippen LogP contribution in [0.1, 0.15) is 0 Å². The largest absolute Gasteiger partial charge is 0.358 e. The van der Waals surface area contributed by atoms with Crippen molar-refractivity contribution < 1.29 is 18.5 Å². The van der Waals surface area contributed by atoms with Gasteiger partial charge in [-0.25, -0.2) is 8.78 Å². The smallest absolute Gasteiger partial charge is 0.269 e. The van der Waals surface area contributed by atoms with E-state index in [1.165, 1.54) is 24.3 Å². The highest BCUT2D eigenvalue weighted by Crippen LogP contribution is 2.17. The second-order valence-electron chi connectivity index (χ2n) is 4.70. The Hall–Kier alpha value is -3.80. The minimum absolute atomic E-state index is 0.155. The maximum absolute atomic E-state index is 13.5. The Bertz CT molecular complexity index is 889. The summed E-state index contributed by atoms with van der Waals surface area (Å²) in [6.07, 6.45) is 0.929. The molecule has 0 aliphatic rings. The molecule has 0 radical (unpaired) electrons. The molecule has 25 heavy (non-hydrogen) atoms. The molecule has 2 aromatic rings. The molecule has 0 unspecified atom stereocenters. The van der Waals surface area contributed by atoms with Crippen LogP contribution in [0.4, 0.5) is 25.8 Å². The van der Waals surface area contributed by atoms with Gasteiger partial charge in [-0.1, -0.05) is 0 Å². The van der Waals surface area contributed by atoms with Crippen LogP contribution < -0.4 is 10.6 Å². The summed E-state index contributed by atoms with van der Waals surface area (Å²) in [6.45, 7) is 0. The zero-order valence-electron chi connectivity index (χ0n) is 12.5. The second kappa shape index (κ2) is 7.65. The summed E-state index contributed by atoms with van der Waals surface area (Å²) in [5.74, 6) is -2.27. The Morgan fingerprint density at radius 1 is 1.20 bits per heavy atom. The van der Waals surface area contributed by atoms with E-state index in [0.29, 0.717) is 0 Å². The van der Waals surface area contributed by atoms with Crippen LogP contribution in [0.2, 0.25) is 0 Å². The summed E-state index contributed by atoms with van der Waals surface area (Å²) in [4.78, 5) is 22.0. The van der Waals surface area contributed by atoms with Crippen LogP contribution in [-0.2, 0) is 4.79 Å². The number of amides is 1. The molecule has 0 aromatic heterocycles. The van der Waals surface area contributed by atoms with Gasteiger partial charge in [0.1, 0.15) is 23.3 Å². The molecule has 7 nitrogen and oxygen atoms in total. The monoisotopic (exact) mass is 344 g/mol. The van der Waals surface area contributed by atoms with Crippen LogP contribution in [0, 0.1) is 33.1 Å². The number of benzene rings is 2. The van der Waals surface area contributed by atoms with Gasteiger partial charge in [-0.3, -0.25) is 14.9 Å². The predicted octanol–water partition coefficient (Wildman–Crippen LogP) is 3.33. The van der Waals surface area contributed by atoms with Crippen molar-refractivity contribution in [3.8, 4) is 6.07 Å². The molecular formula is C16H10F2N4O3. The number of nitro groups is 1. The molecule has 1 amide bonds. The summed E-state index contributed by atoms with van der Waals surface area (Å²) < 4.78 is 26.5. The van der Waals surface area contributed by atoms with Crippen molar-refractivity contribution >= 4 is 23.0 Å². The molecule has 0 fully saturated rings. The van der Waals surface area contributed by atoms with Gasteiger partial charge in [-0.2, -0.15) is 5.26 Å². The first-order chi connectivity index (χ1) is 11.9. The maximum atomic E-state index is 13.5. The molecular weight excluding hydrogens is 334 g/mol. The molecule has 0 saturated carbocycles. The number of nitrogens with zero attached hydrogens (tertiary/aromatic N) is 2. The minimum Gasteiger partial charge on any atom is -0.358 e. The molecule has 2 N–H and O–H groups in total. The molecule has 0 heterocycles. The van der Waals surface area contributed by atoms with E-state index >= 15 is 0 Å². The van der Waals surface area contributed by atoms with Crippen molar-refractivity contribution in [2.24, 2.45) is 0 Å². The maximum Gasteiger partial charge on any atom is 0.269 e. The van der Waals surface area contributed by atoms with Gasteiger partial charge in [0, 0.05) is 30.1 Å². The van der Waals surface area contributed by atoms with Gasteiger partial charge >= 0.3 is 0 Å². The highest BCUT2D eigenvalue weighted by molar-refractivity contribution is 6.06. The van der Waals surface area contributed by atoms with Crippen LogP contribution in [0.3, 0.4) is 0 Å². The highest BCUT2D eigenvalue weighted by atomic mass is 19.1. The Kier molecular flexibility index (Phi) is 5.37. The molecule has 0 bridgehead atoms. The normalized spacial score (nSPS) is 10.7. The first-order valence-electron chi connectivity index (χ1n) is 6.78. The van der Waals surface area contributed by atoms with Crippen molar-refractivity contribution in [3.05, 3.63) is 76.0 Å². The number of halogens is 2. The van der Waals surface area contributed by atoms with Crippen LogP contribution in [0.15, 0.2) is 54.2 Å². The SMILES string of the molecule is N#C/C(=C/Nc1cc(F)ccc1F)C(=O)Nc1ccc([N+](=O)[O-])cc1. The summed E-state index contributed by atoms with van der Waals surface area (Å²) >= 11 is 0. The third-order valence-corrected chi connectivity index (χ3v) is 3.00. The number of rotatable bonds is 5. The lowest BCUT2D eigenvalue weighted by molar-refractivity contribution is -0.384. The number of non-ortho nitro benzene ring substituents is 1. The zero-order valence-corrected chi connectivity index (χ0v) is 12.5. The van der Waals surface area contributed by atoms with Gasteiger partial charge in [0.25, 0.3) is 11.6 Å². The van der Waals surface area contributed by atoms with Crippen LogP contribution >= 0.6 is 0 Å². The van der Waals surface area contributed by atoms with Crippen LogP contribution in [-0.4, -0.2) is 10.8 Å². The molecule has 0 saturated heterocycles. The highest BCUT2D eigenvalue weighted by Gasteiger charge is 2.11. The summed E-state index contributed by atoms with van der Waals surface area (Å²) in [6, 6.07) is 9.28. The average molecular weight is 344 g/mol. The second-order valence-corrected chi connectivity index (χ2v) is 4.70. The van der Waals surface area contributed by atoms with E-state index in [1.54, 1.807) is 6.07 Å². The van der Waals surface area contributed by atoms with Crippen LogP contribution in [0.25, 0.3) is 0 Å². The van der Waals surface area contributed by atoms with Gasteiger partial charge in [-0.05, 0) is 24.3 Å². The lowest BCUT2D eigenvalue weighted by Crippen LogP contribution is -2.14. The number of hydrogen-bond donors (Lipinski definition) is 2. The summed E-state index contributed by atoms with van der Waals surface area (Å²) in [7, 11) is 0. The number of carbonyl (C=O) groups is 1. The molecule has 0 aliphatic carbocycles. The number of carbonyl (C=O) groups excluding carboxylic acids is 1. The number of nitro benzene ring substituents is 1. The fraction of sp³-hybridized carbons (Fsp3) is 0. The third-order valence-electron chi connectivity index (χ3n) is 3.00. The minimum atomic E-state index is -0.819. The van der Waals surface area contributed by atoms with E-state index in [-0.39, 0.29) is 17.1 Å². The fourth-order valence-corrected chi connectivity index (χ4v) is 1.77. The predicted molar refractivity (Wildman–Crippen MR) is 85.4 cm³/mol. The fourth-order valence-electron chi connectivity index (χ4n) is 1.77. The molecule has 2 aromatic carbocycles. The molecule has 0 aliphatic heterocycles. The third kappa shape index (κ3) is 4.59. The lowest BCUT2D eigenvalue weighted by Gasteiger charge is -2.06.